The number of hydrogen-bond donors (Lipinski definition) is 2. The molecule has 0 atom stereocenters. The minimum atomic E-state index is -0.511. The van der Waals surface area contributed by atoms with E-state index in [1.54, 1.807) is 25.4 Å². The van der Waals surface area contributed by atoms with Gasteiger partial charge in [0.1, 0.15) is 17.3 Å². The number of nitrogen functional groups attached to an aromatic ring is 1. The minimum Gasteiger partial charge on any atom is -0.459 e. The molecule has 0 saturated carbocycles. The van der Waals surface area contributed by atoms with Gasteiger partial charge in [0.2, 0.25) is 0 Å². The summed E-state index contributed by atoms with van der Waals surface area (Å²) in [5.41, 5.74) is 6.71. The van der Waals surface area contributed by atoms with E-state index in [1.165, 1.54) is 23.5 Å². The Labute approximate surface area is 171 Å². The predicted octanol–water partition coefficient (Wildman–Crippen LogP) is 4.81. The van der Waals surface area contributed by atoms with Crippen LogP contribution in [0.2, 0.25) is 0 Å². The highest BCUT2D eigenvalue weighted by Crippen LogP contribution is 2.40. The Morgan fingerprint density at radius 3 is 2.90 bits per heavy atom. The molecule has 0 amide bonds. The van der Waals surface area contributed by atoms with E-state index >= 15 is 0 Å². The van der Waals surface area contributed by atoms with Crippen LogP contribution in [0.25, 0.3) is 20.9 Å². The fraction of sp³-hybridized carbons (Fsp3) is 0.190. The molecule has 0 bridgehead atoms. The summed E-state index contributed by atoms with van der Waals surface area (Å²) in [6, 6.07) is 11.9. The number of methoxy groups -OCH3 is 1. The molecule has 6 nitrogen and oxygen atoms in total. The zero-order valence-electron chi connectivity index (χ0n) is 15.8. The number of furan rings is 1. The Morgan fingerprint density at radius 2 is 2.07 bits per heavy atom. The summed E-state index contributed by atoms with van der Waals surface area (Å²) in [5, 5.41) is 3.25. The van der Waals surface area contributed by atoms with Crippen molar-refractivity contribution in [2.45, 2.75) is 6.54 Å². The standard InChI is InChI=1S/C21H20FN3O3S/c1-26-9-8-24-12-14-3-5-18(27-14)20-11-16-21(29-20)19(6-7-25-16)28-17-4-2-13(23)10-15(17)22/h2-7,10-11,24H,8-9,12,23H2,1H3. The van der Waals surface area contributed by atoms with Crippen LogP contribution in [0.5, 0.6) is 11.5 Å². The second-order valence-corrected chi connectivity index (χ2v) is 7.41. The van der Waals surface area contributed by atoms with Gasteiger partial charge in [0.15, 0.2) is 11.6 Å². The number of thiophene rings is 1. The van der Waals surface area contributed by atoms with E-state index in [-0.39, 0.29) is 5.75 Å². The lowest BCUT2D eigenvalue weighted by molar-refractivity contribution is 0.198. The van der Waals surface area contributed by atoms with E-state index in [4.69, 9.17) is 19.6 Å². The van der Waals surface area contributed by atoms with Crippen LogP contribution < -0.4 is 15.8 Å². The van der Waals surface area contributed by atoms with E-state index in [9.17, 15) is 4.39 Å². The van der Waals surface area contributed by atoms with Crippen molar-refractivity contribution in [1.82, 2.24) is 10.3 Å². The largest absolute Gasteiger partial charge is 0.459 e. The molecule has 4 rings (SSSR count). The van der Waals surface area contributed by atoms with Crippen LogP contribution in [0.1, 0.15) is 5.76 Å². The molecule has 4 aromatic rings. The number of anilines is 1. The summed E-state index contributed by atoms with van der Waals surface area (Å²) in [5.74, 6) is 1.72. The van der Waals surface area contributed by atoms with Crippen molar-refractivity contribution in [2.24, 2.45) is 0 Å². The van der Waals surface area contributed by atoms with Crippen LogP contribution in [-0.2, 0) is 11.3 Å². The zero-order chi connectivity index (χ0) is 20.2. The lowest BCUT2D eigenvalue weighted by atomic mass is 10.3. The average Bonchev–Trinajstić information content (AvgIpc) is 3.34. The molecule has 0 aliphatic rings. The molecule has 0 spiro atoms. The summed E-state index contributed by atoms with van der Waals surface area (Å²) in [4.78, 5) is 5.31. The van der Waals surface area contributed by atoms with Gasteiger partial charge >= 0.3 is 0 Å². The van der Waals surface area contributed by atoms with Gasteiger partial charge in [-0.15, -0.1) is 11.3 Å². The van der Waals surface area contributed by atoms with E-state index < -0.39 is 5.82 Å². The van der Waals surface area contributed by atoms with Crippen molar-refractivity contribution >= 4 is 27.2 Å². The molecular formula is C21H20FN3O3S. The Bertz CT molecular complexity index is 1130. The molecule has 3 N–H and O–H groups in total. The number of nitrogens with one attached hydrogen (secondary N) is 1. The number of ether oxygens (including phenoxy) is 2. The smallest absolute Gasteiger partial charge is 0.167 e. The molecular weight excluding hydrogens is 393 g/mol. The van der Waals surface area contributed by atoms with Crippen LogP contribution in [0, 0.1) is 5.82 Å². The number of benzene rings is 1. The van der Waals surface area contributed by atoms with Crippen molar-refractivity contribution in [3.8, 4) is 22.1 Å². The molecule has 1 aromatic carbocycles. The van der Waals surface area contributed by atoms with Gasteiger partial charge < -0.3 is 24.9 Å². The molecule has 150 valence electrons. The number of hydrogen-bond acceptors (Lipinski definition) is 7. The maximum absolute atomic E-state index is 14.1. The van der Waals surface area contributed by atoms with E-state index in [0.717, 1.165) is 33.2 Å². The first kappa shape index (κ1) is 19.4. The predicted molar refractivity (Wildman–Crippen MR) is 112 cm³/mol. The van der Waals surface area contributed by atoms with Crippen LogP contribution in [0.15, 0.2) is 53.1 Å². The summed E-state index contributed by atoms with van der Waals surface area (Å²) in [6.07, 6.45) is 1.64. The Hall–Kier alpha value is -2.94. The van der Waals surface area contributed by atoms with Gasteiger partial charge in [-0.25, -0.2) is 4.39 Å². The monoisotopic (exact) mass is 413 g/mol. The third kappa shape index (κ3) is 4.40. The zero-order valence-corrected chi connectivity index (χ0v) is 16.6. The van der Waals surface area contributed by atoms with Gasteiger partial charge in [-0.1, -0.05) is 0 Å². The third-order valence-electron chi connectivity index (χ3n) is 4.24. The van der Waals surface area contributed by atoms with Crippen LogP contribution in [-0.4, -0.2) is 25.2 Å². The first-order valence-corrected chi connectivity index (χ1v) is 9.86. The van der Waals surface area contributed by atoms with Crippen LogP contribution in [0.4, 0.5) is 10.1 Å². The maximum atomic E-state index is 14.1. The topological polar surface area (TPSA) is 82.5 Å². The number of aromatic nitrogens is 1. The number of pyridine rings is 1. The van der Waals surface area contributed by atoms with Gasteiger partial charge in [0.25, 0.3) is 0 Å². The van der Waals surface area contributed by atoms with Crippen molar-refractivity contribution in [3.63, 3.8) is 0 Å². The summed E-state index contributed by atoms with van der Waals surface area (Å²) in [7, 11) is 1.67. The van der Waals surface area contributed by atoms with E-state index in [0.29, 0.717) is 24.6 Å². The molecule has 0 radical (unpaired) electrons. The van der Waals surface area contributed by atoms with E-state index in [1.807, 2.05) is 18.2 Å². The molecule has 0 fully saturated rings. The van der Waals surface area contributed by atoms with Crippen molar-refractivity contribution in [3.05, 3.63) is 60.2 Å². The normalized spacial score (nSPS) is 11.2. The van der Waals surface area contributed by atoms with Gasteiger partial charge in [0.05, 0.1) is 28.2 Å². The maximum Gasteiger partial charge on any atom is 0.167 e. The van der Waals surface area contributed by atoms with Crippen molar-refractivity contribution in [2.75, 3.05) is 26.0 Å². The summed E-state index contributed by atoms with van der Waals surface area (Å²) >= 11 is 1.48. The summed E-state index contributed by atoms with van der Waals surface area (Å²) < 4.78 is 31.7. The minimum absolute atomic E-state index is 0.115. The lowest BCUT2D eigenvalue weighted by Crippen LogP contribution is -2.18. The molecule has 0 aliphatic heterocycles. The Morgan fingerprint density at radius 1 is 1.17 bits per heavy atom. The van der Waals surface area contributed by atoms with Gasteiger partial charge in [-0.2, -0.15) is 0 Å². The lowest BCUT2D eigenvalue weighted by Gasteiger charge is -2.07. The number of nitrogens with zero attached hydrogens (tertiary/aromatic N) is 1. The summed E-state index contributed by atoms with van der Waals surface area (Å²) in [6.45, 7) is 2.02. The van der Waals surface area contributed by atoms with Gasteiger partial charge in [0, 0.05) is 37.7 Å². The number of rotatable bonds is 8. The first-order chi connectivity index (χ1) is 14.1. The van der Waals surface area contributed by atoms with Gasteiger partial charge in [-0.05, 0) is 30.3 Å². The Balaban J connectivity index is 1.57. The molecule has 3 heterocycles. The first-order valence-electron chi connectivity index (χ1n) is 9.04. The van der Waals surface area contributed by atoms with Crippen LogP contribution in [0.3, 0.4) is 0 Å². The molecule has 0 saturated heterocycles. The highest BCUT2D eigenvalue weighted by Gasteiger charge is 2.14. The highest BCUT2D eigenvalue weighted by atomic mass is 32.1. The fourth-order valence-corrected chi connectivity index (χ4v) is 3.85. The quantitative estimate of drug-likeness (QED) is 0.319. The number of fused-ring (bicyclic) bond motifs is 1. The molecule has 0 unspecified atom stereocenters. The van der Waals surface area contributed by atoms with E-state index in [2.05, 4.69) is 10.3 Å². The number of halogens is 1. The molecule has 0 aliphatic carbocycles. The molecule has 29 heavy (non-hydrogen) atoms. The fourth-order valence-electron chi connectivity index (χ4n) is 2.83. The number of nitrogens with two attached hydrogens (primary N) is 1. The van der Waals surface area contributed by atoms with Crippen molar-refractivity contribution < 1.29 is 18.3 Å². The van der Waals surface area contributed by atoms with Gasteiger partial charge in [-0.3, -0.25) is 4.98 Å². The third-order valence-corrected chi connectivity index (χ3v) is 5.39. The molecule has 8 heteroatoms. The van der Waals surface area contributed by atoms with Crippen molar-refractivity contribution in [1.29, 1.82) is 0 Å². The SMILES string of the molecule is COCCNCc1ccc(-c2cc3nccc(Oc4ccc(N)cc4F)c3s2)o1. The highest BCUT2D eigenvalue weighted by molar-refractivity contribution is 7.22. The Kier molecular flexibility index (Phi) is 5.75. The second kappa shape index (κ2) is 8.60. The molecule has 3 aromatic heterocycles. The average molecular weight is 413 g/mol. The second-order valence-electron chi connectivity index (χ2n) is 6.36. The van der Waals surface area contributed by atoms with Crippen LogP contribution >= 0.6 is 11.3 Å².